The summed E-state index contributed by atoms with van der Waals surface area (Å²) in [5.41, 5.74) is 1.52. The molecule has 0 aromatic heterocycles. The van der Waals surface area contributed by atoms with Crippen LogP contribution in [0.3, 0.4) is 0 Å². The molecule has 0 fully saturated rings. The van der Waals surface area contributed by atoms with Crippen molar-refractivity contribution in [1.82, 2.24) is 5.32 Å². The van der Waals surface area contributed by atoms with Gasteiger partial charge in [0, 0.05) is 18.7 Å². The van der Waals surface area contributed by atoms with Gasteiger partial charge in [-0.25, -0.2) is 0 Å². The lowest BCUT2D eigenvalue weighted by Gasteiger charge is -2.09. The van der Waals surface area contributed by atoms with Crippen LogP contribution in [0.4, 0.5) is 0 Å². The van der Waals surface area contributed by atoms with Gasteiger partial charge in [0.1, 0.15) is 0 Å². The molecule has 6 heteroatoms. The first-order valence-corrected chi connectivity index (χ1v) is 6.47. The second kappa shape index (κ2) is 5.41. The Hall–Kier alpha value is -2.60. The number of benzene rings is 2. The van der Waals surface area contributed by atoms with Crippen molar-refractivity contribution in [2.75, 3.05) is 6.79 Å². The molecule has 0 atom stereocenters. The first kappa shape index (κ1) is 13.4. The second-order valence-corrected chi connectivity index (χ2v) is 4.73. The lowest BCUT2D eigenvalue weighted by Crippen LogP contribution is -2.12. The number of aromatic hydroxyl groups is 3. The number of ether oxygens (including phenoxy) is 2. The Kier molecular flexibility index (Phi) is 3.45. The summed E-state index contributed by atoms with van der Waals surface area (Å²) in [6.07, 6.45) is 0. The number of rotatable bonds is 4. The summed E-state index contributed by atoms with van der Waals surface area (Å²) in [4.78, 5) is 0. The molecule has 0 bridgehead atoms. The molecule has 2 aromatic carbocycles. The van der Waals surface area contributed by atoms with Crippen molar-refractivity contribution in [3.8, 4) is 28.7 Å². The highest BCUT2D eigenvalue weighted by atomic mass is 16.7. The molecule has 4 N–H and O–H groups in total. The van der Waals surface area contributed by atoms with Gasteiger partial charge in [0.05, 0.1) is 0 Å². The van der Waals surface area contributed by atoms with Crippen LogP contribution in [0.15, 0.2) is 30.3 Å². The molecule has 2 aromatic rings. The van der Waals surface area contributed by atoms with Gasteiger partial charge in [-0.1, -0.05) is 12.1 Å². The van der Waals surface area contributed by atoms with Gasteiger partial charge in [-0.3, -0.25) is 0 Å². The first-order chi connectivity index (χ1) is 10.1. The zero-order valence-corrected chi connectivity index (χ0v) is 11.2. The van der Waals surface area contributed by atoms with Crippen LogP contribution >= 0.6 is 0 Å². The number of phenolic OH excluding ortho intramolecular Hbond substituents is 3. The Labute approximate surface area is 121 Å². The van der Waals surface area contributed by atoms with Crippen molar-refractivity contribution < 1.29 is 24.8 Å². The van der Waals surface area contributed by atoms with Gasteiger partial charge in [0.25, 0.3) is 0 Å². The quantitative estimate of drug-likeness (QED) is 0.642. The molecule has 0 spiro atoms. The van der Waals surface area contributed by atoms with Gasteiger partial charge in [0.15, 0.2) is 23.0 Å². The maximum atomic E-state index is 9.72. The largest absolute Gasteiger partial charge is 0.504 e. The fourth-order valence-corrected chi connectivity index (χ4v) is 2.15. The summed E-state index contributed by atoms with van der Waals surface area (Å²) < 4.78 is 10.5. The van der Waals surface area contributed by atoms with E-state index in [2.05, 4.69) is 5.32 Å². The van der Waals surface area contributed by atoms with Crippen molar-refractivity contribution in [1.29, 1.82) is 0 Å². The Morgan fingerprint density at radius 3 is 2.57 bits per heavy atom. The molecule has 0 radical (unpaired) electrons. The van der Waals surface area contributed by atoms with Crippen molar-refractivity contribution in [3.63, 3.8) is 0 Å². The van der Waals surface area contributed by atoms with Crippen LogP contribution in [0.2, 0.25) is 0 Å². The molecule has 0 saturated heterocycles. The highest BCUT2D eigenvalue weighted by Crippen LogP contribution is 2.37. The van der Waals surface area contributed by atoms with Crippen molar-refractivity contribution in [2.24, 2.45) is 0 Å². The standard InChI is InChI=1S/C15H15NO5/c17-11-3-2-10(14(18)15(11)19)7-16-6-9-1-4-12-13(5-9)21-8-20-12/h1-5,16-19H,6-8H2. The minimum absolute atomic E-state index is 0.243. The van der Waals surface area contributed by atoms with Gasteiger partial charge < -0.3 is 30.1 Å². The van der Waals surface area contributed by atoms with Crippen LogP contribution in [0.1, 0.15) is 11.1 Å². The first-order valence-electron chi connectivity index (χ1n) is 6.47. The maximum Gasteiger partial charge on any atom is 0.231 e. The number of phenols is 3. The van der Waals surface area contributed by atoms with Crippen LogP contribution in [0.5, 0.6) is 28.7 Å². The normalized spacial score (nSPS) is 12.6. The summed E-state index contributed by atoms with van der Waals surface area (Å²) >= 11 is 0. The number of hydrogen-bond acceptors (Lipinski definition) is 6. The van der Waals surface area contributed by atoms with E-state index in [0.717, 1.165) is 17.1 Å². The highest BCUT2D eigenvalue weighted by molar-refractivity contribution is 5.53. The van der Waals surface area contributed by atoms with Crippen LogP contribution in [-0.4, -0.2) is 22.1 Å². The van der Waals surface area contributed by atoms with Crippen LogP contribution < -0.4 is 14.8 Å². The average Bonchev–Trinajstić information content (AvgIpc) is 2.95. The monoisotopic (exact) mass is 289 g/mol. The van der Waals surface area contributed by atoms with Gasteiger partial charge in [-0.05, 0) is 23.8 Å². The highest BCUT2D eigenvalue weighted by Gasteiger charge is 2.13. The van der Waals surface area contributed by atoms with E-state index in [1.54, 1.807) is 6.07 Å². The second-order valence-electron chi connectivity index (χ2n) is 4.73. The summed E-state index contributed by atoms with van der Waals surface area (Å²) in [5, 5.41) is 31.6. The van der Waals surface area contributed by atoms with Crippen LogP contribution in [0.25, 0.3) is 0 Å². The Bertz CT molecular complexity index is 671. The van der Waals surface area contributed by atoms with E-state index < -0.39 is 5.75 Å². The molecule has 6 nitrogen and oxygen atoms in total. The number of fused-ring (bicyclic) bond motifs is 1. The molecule has 1 heterocycles. The lowest BCUT2D eigenvalue weighted by atomic mass is 10.1. The Morgan fingerprint density at radius 2 is 1.71 bits per heavy atom. The molecule has 1 aliphatic rings. The van der Waals surface area contributed by atoms with E-state index in [9.17, 15) is 15.3 Å². The summed E-state index contributed by atoms with van der Waals surface area (Å²) in [6, 6.07) is 8.56. The van der Waals surface area contributed by atoms with Crippen molar-refractivity contribution in [3.05, 3.63) is 41.5 Å². The Morgan fingerprint density at radius 1 is 0.905 bits per heavy atom. The van der Waals surface area contributed by atoms with E-state index in [-0.39, 0.29) is 18.3 Å². The maximum absolute atomic E-state index is 9.72. The minimum Gasteiger partial charge on any atom is -0.504 e. The van der Waals surface area contributed by atoms with Crippen LogP contribution in [-0.2, 0) is 13.1 Å². The zero-order valence-electron chi connectivity index (χ0n) is 11.2. The fourth-order valence-electron chi connectivity index (χ4n) is 2.15. The topological polar surface area (TPSA) is 91.2 Å². The fraction of sp³-hybridized carbons (Fsp3) is 0.200. The molecule has 1 aliphatic heterocycles. The summed E-state index contributed by atoms with van der Waals surface area (Å²) in [6.45, 7) is 1.17. The zero-order chi connectivity index (χ0) is 14.8. The number of hydrogen-bond donors (Lipinski definition) is 4. The molecule has 21 heavy (non-hydrogen) atoms. The predicted octanol–water partition coefficient (Wildman–Crippen LogP) is 1.82. The molecular weight excluding hydrogens is 274 g/mol. The third-order valence-corrected chi connectivity index (χ3v) is 3.30. The third kappa shape index (κ3) is 2.66. The van der Waals surface area contributed by atoms with Crippen molar-refractivity contribution >= 4 is 0 Å². The molecule has 0 aliphatic carbocycles. The molecular formula is C15H15NO5. The third-order valence-electron chi connectivity index (χ3n) is 3.30. The SMILES string of the molecule is Oc1ccc(CNCc2ccc3c(c2)OCO3)c(O)c1O. The molecule has 0 unspecified atom stereocenters. The van der Waals surface area contributed by atoms with Crippen molar-refractivity contribution in [2.45, 2.75) is 13.1 Å². The molecule has 0 saturated carbocycles. The molecule has 0 amide bonds. The molecule has 110 valence electrons. The lowest BCUT2D eigenvalue weighted by molar-refractivity contribution is 0.174. The van der Waals surface area contributed by atoms with E-state index in [1.807, 2.05) is 18.2 Å². The summed E-state index contributed by atoms with van der Waals surface area (Å²) in [7, 11) is 0. The molecule has 3 rings (SSSR count). The van der Waals surface area contributed by atoms with E-state index in [4.69, 9.17) is 9.47 Å². The van der Waals surface area contributed by atoms with E-state index in [0.29, 0.717) is 18.7 Å². The van der Waals surface area contributed by atoms with Gasteiger partial charge in [0.2, 0.25) is 12.5 Å². The van der Waals surface area contributed by atoms with Crippen LogP contribution in [0, 0.1) is 0 Å². The van der Waals surface area contributed by atoms with E-state index >= 15 is 0 Å². The Balaban J connectivity index is 1.63. The van der Waals surface area contributed by atoms with Gasteiger partial charge in [-0.15, -0.1) is 0 Å². The summed E-state index contributed by atoms with van der Waals surface area (Å²) in [5.74, 6) is 0.303. The minimum atomic E-state index is -0.502. The van der Waals surface area contributed by atoms with E-state index in [1.165, 1.54) is 6.07 Å². The number of nitrogens with one attached hydrogen (secondary N) is 1. The van der Waals surface area contributed by atoms with Gasteiger partial charge >= 0.3 is 0 Å². The average molecular weight is 289 g/mol. The predicted molar refractivity (Wildman–Crippen MR) is 74.5 cm³/mol. The van der Waals surface area contributed by atoms with Gasteiger partial charge in [-0.2, -0.15) is 0 Å². The smallest absolute Gasteiger partial charge is 0.231 e.